The van der Waals surface area contributed by atoms with Crippen LogP contribution in [0.2, 0.25) is 0 Å². The molecule has 2 aliphatic rings. The highest BCUT2D eigenvalue weighted by Crippen LogP contribution is 2.49. The fourth-order valence-corrected chi connectivity index (χ4v) is 4.00. The topological polar surface area (TPSA) is 87.5 Å². The second-order valence-corrected chi connectivity index (χ2v) is 6.58. The van der Waals surface area contributed by atoms with E-state index in [0.717, 1.165) is 17.3 Å². The van der Waals surface area contributed by atoms with Gasteiger partial charge in [-0.3, -0.25) is 9.48 Å². The number of anilines is 1. The summed E-state index contributed by atoms with van der Waals surface area (Å²) in [6.45, 7) is 1.79. The second-order valence-electron chi connectivity index (χ2n) is 6.58. The first-order chi connectivity index (χ1) is 11.7. The maximum atomic E-state index is 13.2. The molecule has 0 unspecified atom stereocenters. The molecule has 7 nitrogen and oxygen atoms in total. The monoisotopic (exact) mass is 360 g/mol. The van der Waals surface area contributed by atoms with Crippen LogP contribution in [0.3, 0.4) is 0 Å². The van der Waals surface area contributed by atoms with Crippen molar-refractivity contribution >= 4 is 17.7 Å². The molecule has 0 spiro atoms. The largest absolute Gasteiger partial charge is 0.481 e. The second kappa shape index (κ2) is 5.92. The Kier molecular flexibility index (Phi) is 4.16. The van der Waals surface area contributed by atoms with E-state index in [0.29, 0.717) is 12.8 Å². The number of carboxylic acid groups (broad SMARTS) is 1. The maximum Gasteiger partial charge on any atom is 0.435 e. The number of rotatable bonds is 3. The number of urea groups is 1. The highest BCUT2D eigenvalue weighted by molar-refractivity contribution is 5.91. The Morgan fingerprint density at radius 1 is 1.48 bits per heavy atom. The number of hydrogen-bond acceptors (Lipinski definition) is 3. The first kappa shape index (κ1) is 17.6. The van der Waals surface area contributed by atoms with E-state index in [1.54, 1.807) is 0 Å². The molecule has 0 aromatic carbocycles. The van der Waals surface area contributed by atoms with Crippen LogP contribution < -0.4 is 5.32 Å². The van der Waals surface area contributed by atoms with Gasteiger partial charge in [0.1, 0.15) is 0 Å². The number of aliphatic carboxylic acids is 1. The third-order valence-corrected chi connectivity index (χ3v) is 5.23. The molecule has 0 radical (unpaired) electrons. The molecular weight excluding hydrogens is 341 g/mol. The lowest BCUT2D eigenvalue weighted by Gasteiger charge is -2.23. The Hall–Kier alpha value is -2.26. The summed E-state index contributed by atoms with van der Waals surface area (Å²) in [5, 5.41) is 15.4. The van der Waals surface area contributed by atoms with Crippen LogP contribution in [0, 0.1) is 11.3 Å². The zero-order valence-electron chi connectivity index (χ0n) is 13.6. The van der Waals surface area contributed by atoms with Gasteiger partial charge in [-0.25, -0.2) is 4.79 Å². The van der Waals surface area contributed by atoms with E-state index in [1.165, 1.54) is 11.8 Å². The van der Waals surface area contributed by atoms with Crippen LogP contribution in [0.1, 0.15) is 31.9 Å². The van der Waals surface area contributed by atoms with Crippen molar-refractivity contribution in [1.29, 1.82) is 0 Å². The van der Waals surface area contributed by atoms with Crippen molar-refractivity contribution in [3.05, 3.63) is 11.9 Å². The third-order valence-electron chi connectivity index (χ3n) is 5.23. The summed E-state index contributed by atoms with van der Waals surface area (Å²) in [4.78, 5) is 25.3. The summed E-state index contributed by atoms with van der Waals surface area (Å²) in [6.07, 6.45) is -1.71. The molecule has 1 saturated heterocycles. The van der Waals surface area contributed by atoms with E-state index >= 15 is 0 Å². The molecule has 1 aromatic rings. The van der Waals surface area contributed by atoms with Crippen molar-refractivity contribution in [2.75, 3.05) is 18.4 Å². The molecular formula is C15H19F3N4O3. The van der Waals surface area contributed by atoms with Gasteiger partial charge in [0, 0.05) is 19.6 Å². The van der Waals surface area contributed by atoms with E-state index in [4.69, 9.17) is 0 Å². The van der Waals surface area contributed by atoms with Crippen molar-refractivity contribution < 1.29 is 27.9 Å². The molecule has 1 aliphatic heterocycles. The lowest BCUT2D eigenvalue weighted by molar-refractivity contribution is -0.149. The average molecular weight is 360 g/mol. The standard InChI is InChI=1S/C15H19F3N4O3/c1-2-22-11(15(16,17)18)10(6-19-22)20-13(25)21-7-9-4-3-5-14(9,8-21)12(23)24/h6,9H,2-5,7-8H2,1H3,(H,20,25)(H,23,24)/t9-,14+/m0/s1. The highest BCUT2D eigenvalue weighted by atomic mass is 19.4. The average Bonchev–Trinajstić information content (AvgIpc) is 3.17. The SMILES string of the molecule is CCn1ncc(NC(=O)N2C[C@@H]3CCC[C@@]3(C(=O)O)C2)c1C(F)(F)F. The van der Waals surface area contributed by atoms with Gasteiger partial charge in [-0.1, -0.05) is 6.42 Å². The molecule has 3 rings (SSSR count). The lowest BCUT2D eigenvalue weighted by Crippen LogP contribution is -2.39. The number of carboxylic acids is 1. The predicted molar refractivity (Wildman–Crippen MR) is 80.9 cm³/mol. The first-order valence-electron chi connectivity index (χ1n) is 8.11. The van der Waals surface area contributed by atoms with E-state index in [9.17, 15) is 27.9 Å². The van der Waals surface area contributed by atoms with E-state index in [-0.39, 0.29) is 25.6 Å². The van der Waals surface area contributed by atoms with Crippen LogP contribution in [0.25, 0.3) is 0 Å². The molecule has 2 heterocycles. The number of fused-ring (bicyclic) bond motifs is 1. The number of carbonyl (C=O) groups is 2. The van der Waals surface area contributed by atoms with Crippen molar-refractivity contribution in [3.8, 4) is 0 Å². The minimum Gasteiger partial charge on any atom is -0.481 e. The Morgan fingerprint density at radius 2 is 2.20 bits per heavy atom. The minimum atomic E-state index is -4.65. The van der Waals surface area contributed by atoms with Crippen molar-refractivity contribution in [1.82, 2.24) is 14.7 Å². The molecule has 1 saturated carbocycles. The van der Waals surface area contributed by atoms with Gasteiger partial charge in [0.05, 0.1) is 17.3 Å². The van der Waals surface area contributed by atoms with Crippen molar-refractivity contribution in [2.24, 2.45) is 11.3 Å². The Labute approximate surface area is 141 Å². The molecule has 138 valence electrons. The number of aryl methyl sites for hydroxylation is 1. The van der Waals surface area contributed by atoms with Gasteiger partial charge in [-0.05, 0) is 25.7 Å². The van der Waals surface area contributed by atoms with E-state index in [2.05, 4.69) is 10.4 Å². The zero-order chi connectivity index (χ0) is 18.4. The molecule has 0 bridgehead atoms. The number of nitrogens with zero attached hydrogens (tertiary/aromatic N) is 3. The molecule has 25 heavy (non-hydrogen) atoms. The van der Waals surface area contributed by atoms with Gasteiger partial charge >= 0.3 is 18.2 Å². The number of halogens is 3. The van der Waals surface area contributed by atoms with Crippen LogP contribution in [-0.4, -0.2) is 44.9 Å². The molecule has 2 N–H and O–H groups in total. The fraction of sp³-hybridized carbons (Fsp3) is 0.667. The van der Waals surface area contributed by atoms with E-state index < -0.39 is 35.0 Å². The molecule has 1 aliphatic carbocycles. The molecule has 2 fully saturated rings. The maximum absolute atomic E-state index is 13.2. The smallest absolute Gasteiger partial charge is 0.435 e. The summed E-state index contributed by atoms with van der Waals surface area (Å²) < 4.78 is 40.4. The van der Waals surface area contributed by atoms with Crippen LogP contribution in [-0.2, 0) is 17.5 Å². The lowest BCUT2D eigenvalue weighted by atomic mass is 9.81. The number of hydrogen-bond donors (Lipinski definition) is 2. The van der Waals surface area contributed by atoms with Crippen LogP contribution in [0.5, 0.6) is 0 Å². The Balaban J connectivity index is 1.79. The summed E-state index contributed by atoms with van der Waals surface area (Å²) in [5.74, 6) is -1.10. The Bertz CT molecular complexity index is 703. The summed E-state index contributed by atoms with van der Waals surface area (Å²) in [7, 11) is 0. The summed E-state index contributed by atoms with van der Waals surface area (Å²) >= 11 is 0. The summed E-state index contributed by atoms with van der Waals surface area (Å²) in [6, 6.07) is -0.726. The predicted octanol–water partition coefficient (Wildman–Crippen LogP) is 2.64. The molecule has 10 heteroatoms. The van der Waals surface area contributed by atoms with Gasteiger partial charge in [0.2, 0.25) is 0 Å². The van der Waals surface area contributed by atoms with Gasteiger partial charge in [-0.15, -0.1) is 0 Å². The van der Waals surface area contributed by atoms with Crippen LogP contribution >= 0.6 is 0 Å². The number of nitrogens with one attached hydrogen (secondary N) is 1. The molecule has 1 aromatic heterocycles. The normalized spacial score (nSPS) is 25.9. The van der Waals surface area contributed by atoms with E-state index in [1.807, 2.05) is 0 Å². The van der Waals surface area contributed by atoms with Gasteiger partial charge in [0.25, 0.3) is 0 Å². The number of carbonyl (C=O) groups excluding carboxylic acids is 1. The number of alkyl halides is 3. The number of amides is 2. The van der Waals surface area contributed by atoms with Gasteiger partial charge in [0.15, 0.2) is 5.69 Å². The number of aromatic nitrogens is 2. The number of likely N-dealkylation sites (tertiary alicyclic amines) is 1. The van der Waals surface area contributed by atoms with Crippen molar-refractivity contribution in [2.45, 2.75) is 38.9 Å². The minimum absolute atomic E-state index is 0.0125. The fourth-order valence-electron chi connectivity index (χ4n) is 4.00. The Morgan fingerprint density at radius 3 is 2.76 bits per heavy atom. The quantitative estimate of drug-likeness (QED) is 0.867. The van der Waals surface area contributed by atoms with Crippen LogP contribution in [0.4, 0.5) is 23.7 Å². The van der Waals surface area contributed by atoms with Crippen LogP contribution in [0.15, 0.2) is 6.20 Å². The van der Waals surface area contributed by atoms with Gasteiger partial charge in [-0.2, -0.15) is 18.3 Å². The first-order valence-corrected chi connectivity index (χ1v) is 8.11. The van der Waals surface area contributed by atoms with Crippen molar-refractivity contribution in [3.63, 3.8) is 0 Å². The molecule has 2 amide bonds. The molecule has 2 atom stereocenters. The van der Waals surface area contributed by atoms with Gasteiger partial charge < -0.3 is 15.3 Å². The highest BCUT2D eigenvalue weighted by Gasteiger charge is 2.56. The zero-order valence-corrected chi connectivity index (χ0v) is 13.6. The third kappa shape index (κ3) is 2.83. The summed E-state index contributed by atoms with van der Waals surface area (Å²) in [5.41, 5.74) is -2.41.